The third-order valence-electron chi connectivity index (χ3n) is 3.09. The fourth-order valence-electron chi connectivity index (χ4n) is 2.01. The predicted molar refractivity (Wildman–Crippen MR) is 82.2 cm³/mol. The molecule has 0 saturated carbocycles. The normalized spacial score (nSPS) is 11.5. The predicted octanol–water partition coefficient (Wildman–Crippen LogP) is 1.00. The number of imidazole rings is 1. The van der Waals surface area contributed by atoms with Gasteiger partial charge in [-0.15, -0.1) is 0 Å². The van der Waals surface area contributed by atoms with Crippen LogP contribution >= 0.6 is 0 Å². The molecule has 0 spiro atoms. The molecule has 0 aliphatic carbocycles. The Labute approximate surface area is 124 Å². The van der Waals surface area contributed by atoms with Crippen LogP contribution in [0.2, 0.25) is 0 Å². The van der Waals surface area contributed by atoms with Crippen molar-refractivity contribution < 1.29 is 8.42 Å². The Hall–Kier alpha value is -2.06. The Morgan fingerprint density at radius 3 is 2.76 bits per heavy atom. The number of nitrogen functional groups attached to an aromatic ring is 1. The van der Waals surface area contributed by atoms with Crippen LogP contribution in [0, 0.1) is 0 Å². The molecule has 0 radical (unpaired) electrons. The van der Waals surface area contributed by atoms with E-state index in [-0.39, 0.29) is 10.6 Å². The molecule has 0 atom stereocenters. The Bertz CT molecular complexity index is 683. The summed E-state index contributed by atoms with van der Waals surface area (Å²) in [6, 6.07) is 4.75. The highest BCUT2D eigenvalue weighted by Gasteiger charge is 2.14. The van der Waals surface area contributed by atoms with Gasteiger partial charge in [-0.05, 0) is 25.0 Å². The molecule has 0 amide bonds. The molecule has 8 heteroatoms. The Morgan fingerprint density at radius 1 is 1.29 bits per heavy atom. The molecular formula is C13H19N5O2S. The second-order valence-corrected chi connectivity index (χ2v) is 6.23. The van der Waals surface area contributed by atoms with Crippen molar-refractivity contribution in [1.29, 1.82) is 0 Å². The van der Waals surface area contributed by atoms with Gasteiger partial charge in [-0.3, -0.25) is 0 Å². The molecule has 1 heterocycles. The second kappa shape index (κ2) is 6.59. The van der Waals surface area contributed by atoms with Crippen LogP contribution in [0.25, 0.3) is 0 Å². The number of nitrogens with zero attached hydrogens (tertiary/aromatic N) is 2. The minimum absolute atomic E-state index is 0.0501. The van der Waals surface area contributed by atoms with E-state index in [1.54, 1.807) is 24.7 Å². The van der Waals surface area contributed by atoms with Gasteiger partial charge in [0.15, 0.2) is 0 Å². The van der Waals surface area contributed by atoms with Gasteiger partial charge >= 0.3 is 0 Å². The van der Waals surface area contributed by atoms with Crippen molar-refractivity contribution >= 4 is 21.4 Å². The van der Waals surface area contributed by atoms with Crippen molar-refractivity contribution in [1.82, 2.24) is 9.55 Å². The monoisotopic (exact) mass is 309 g/mol. The van der Waals surface area contributed by atoms with E-state index in [9.17, 15) is 8.42 Å². The average molecular weight is 309 g/mol. The first-order valence-corrected chi connectivity index (χ1v) is 8.14. The lowest BCUT2D eigenvalue weighted by Gasteiger charge is -2.12. The number of aryl methyl sites for hydroxylation is 1. The zero-order valence-corrected chi connectivity index (χ0v) is 12.4. The van der Waals surface area contributed by atoms with Gasteiger partial charge in [-0.2, -0.15) is 0 Å². The van der Waals surface area contributed by atoms with Gasteiger partial charge in [0, 0.05) is 25.5 Å². The number of anilines is 2. The van der Waals surface area contributed by atoms with Crippen LogP contribution in [0.1, 0.15) is 12.8 Å². The van der Waals surface area contributed by atoms with Crippen molar-refractivity contribution in [2.75, 3.05) is 17.6 Å². The molecule has 2 rings (SSSR count). The van der Waals surface area contributed by atoms with Crippen LogP contribution in [0.4, 0.5) is 11.4 Å². The number of sulfonamides is 1. The molecule has 0 aliphatic rings. The minimum Gasteiger partial charge on any atom is -0.396 e. The highest BCUT2D eigenvalue weighted by molar-refractivity contribution is 7.89. The van der Waals surface area contributed by atoms with E-state index >= 15 is 0 Å². The molecule has 0 saturated heterocycles. The number of nitrogens with two attached hydrogens (primary N) is 2. The molecule has 114 valence electrons. The van der Waals surface area contributed by atoms with Crippen LogP contribution in [-0.4, -0.2) is 24.5 Å². The molecular weight excluding hydrogens is 290 g/mol. The number of nitrogens with one attached hydrogen (secondary N) is 1. The largest absolute Gasteiger partial charge is 0.396 e. The van der Waals surface area contributed by atoms with Crippen LogP contribution in [-0.2, 0) is 16.6 Å². The quantitative estimate of drug-likeness (QED) is 0.521. The molecule has 1 aromatic heterocycles. The number of aromatic nitrogens is 2. The van der Waals surface area contributed by atoms with E-state index < -0.39 is 10.0 Å². The summed E-state index contributed by atoms with van der Waals surface area (Å²) in [5, 5.41) is 8.25. The lowest BCUT2D eigenvalue weighted by atomic mass is 10.2. The number of unbranched alkanes of at least 4 members (excludes halogenated alkanes) is 1. The minimum atomic E-state index is -3.80. The first-order chi connectivity index (χ1) is 9.98. The molecule has 2 aromatic rings. The van der Waals surface area contributed by atoms with Crippen molar-refractivity contribution in [2.24, 2.45) is 5.14 Å². The SMILES string of the molecule is Nc1c(NCCCCn2ccnc2)cccc1S(N)(=O)=O. The van der Waals surface area contributed by atoms with E-state index in [1.165, 1.54) is 6.07 Å². The first kappa shape index (κ1) is 15.3. The molecule has 5 N–H and O–H groups in total. The summed E-state index contributed by atoms with van der Waals surface area (Å²) >= 11 is 0. The molecule has 21 heavy (non-hydrogen) atoms. The summed E-state index contributed by atoms with van der Waals surface area (Å²) in [5.74, 6) is 0. The Balaban J connectivity index is 1.86. The Kier molecular flexibility index (Phi) is 4.81. The number of primary sulfonamides is 1. The van der Waals surface area contributed by atoms with Gasteiger partial charge in [-0.25, -0.2) is 18.5 Å². The van der Waals surface area contributed by atoms with Gasteiger partial charge in [0.2, 0.25) is 10.0 Å². The second-order valence-electron chi connectivity index (χ2n) is 4.70. The molecule has 7 nitrogen and oxygen atoms in total. The lowest BCUT2D eigenvalue weighted by Crippen LogP contribution is -2.15. The summed E-state index contributed by atoms with van der Waals surface area (Å²) < 4.78 is 24.8. The smallest absolute Gasteiger partial charge is 0.240 e. The maximum atomic E-state index is 11.4. The summed E-state index contributed by atoms with van der Waals surface area (Å²) in [6.07, 6.45) is 7.36. The van der Waals surface area contributed by atoms with Crippen molar-refractivity contribution in [3.8, 4) is 0 Å². The van der Waals surface area contributed by atoms with Crippen LogP contribution in [0.5, 0.6) is 0 Å². The standard InChI is InChI=1S/C13H19N5O2S/c14-13-11(4-3-5-12(13)21(15,19)20)17-6-1-2-8-18-9-7-16-10-18/h3-5,7,9-10,17H,1-2,6,8,14H2,(H2,15,19,20). The maximum absolute atomic E-state index is 11.4. The fraction of sp³-hybridized carbons (Fsp3) is 0.308. The Morgan fingerprint density at radius 2 is 2.10 bits per heavy atom. The number of rotatable bonds is 7. The van der Waals surface area contributed by atoms with Crippen LogP contribution in [0.15, 0.2) is 41.8 Å². The molecule has 0 aliphatic heterocycles. The molecule has 0 fully saturated rings. The number of para-hydroxylation sites is 1. The molecule has 0 unspecified atom stereocenters. The highest BCUT2D eigenvalue weighted by Crippen LogP contribution is 2.25. The molecule has 0 bridgehead atoms. The van der Waals surface area contributed by atoms with E-state index in [1.807, 2.05) is 10.8 Å². The van der Waals surface area contributed by atoms with Crippen LogP contribution in [0.3, 0.4) is 0 Å². The van der Waals surface area contributed by atoms with Gasteiger partial charge < -0.3 is 15.6 Å². The summed E-state index contributed by atoms with van der Waals surface area (Å²) in [5.41, 5.74) is 6.58. The summed E-state index contributed by atoms with van der Waals surface area (Å²) in [6.45, 7) is 1.60. The zero-order chi connectivity index (χ0) is 15.3. The van der Waals surface area contributed by atoms with Gasteiger partial charge in [0.1, 0.15) is 4.90 Å². The van der Waals surface area contributed by atoms with Crippen molar-refractivity contribution in [3.05, 3.63) is 36.9 Å². The van der Waals surface area contributed by atoms with Crippen LogP contribution < -0.4 is 16.2 Å². The van der Waals surface area contributed by atoms with Crippen molar-refractivity contribution in [3.63, 3.8) is 0 Å². The van der Waals surface area contributed by atoms with E-state index in [0.717, 1.165) is 19.4 Å². The topological polar surface area (TPSA) is 116 Å². The average Bonchev–Trinajstić information content (AvgIpc) is 2.92. The summed E-state index contributed by atoms with van der Waals surface area (Å²) in [4.78, 5) is 3.92. The van der Waals surface area contributed by atoms with Crippen molar-refractivity contribution in [2.45, 2.75) is 24.3 Å². The van der Waals surface area contributed by atoms with Gasteiger partial charge in [0.25, 0.3) is 0 Å². The third-order valence-corrected chi connectivity index (χ3v) is 4.06. The summed E-state index contributed by atoms with van der Waals surface area (Å²) in [7, 11) is -3.80. The highest BCUT2D eigenvalue weighted by atomic mass is 32.2. The number of benzene rings is 1. The van der Waals surface area contributed by atoms with Gasteiger partial charge in [0.05, 0.1) is 17.7 Å². The number of hydrogen-bond donors (Lipinski definition) is 3. The van der Waals surface area contributed by atoms with E-state index in [0.29, 0.717) is 12.2 Å². The number of hydrogen-bond acceptors (Lipinski definition) is 5. The zero-order valence-electron chi connectivity index (χ0n) is 11.6. The lowest BCUT2D eigenvalue weighted by molar-refractivity contribution is 0.598. The maximum Gasteiger partial charge on any atom is 0.240 e. The third kappa shape index (κ3) is 4.20. The van der Waals surface area contributed by atoms with E-state index in [4.69, 9.17) is 10.9 Å². The fourth-order valence-corrected chi connectivity index (χ4v) is 2.69. The first-order valence-electron chi connectivity index (χ1n) is 6.59. The molecule has 1 aromatic carbocycles. The van der Waals surface area contributed by atoms with Gasteiger partial charge in [-0.1, -0.05) is 6.07 Å². The van der Waals surface area contributed by atoms with E-state index in [2.05, 4.69) is 10.3 Å².